The molecule has 1 aliphatic carbocycles. The van der Waals surface area contributed by atoms with Gasteiger partial charge in [-0.1, -0.05) is 0 Å². The highest BCUT2D eigenvalue weighted by molar-refractivity contribution is 5.97. The highest BCUT2D eigenvalue weighted by atomic mass is 16.5. The predicted octanol–water partition coefficient (Wildman–Crippen LogP) is 2.32. The molecule has 1 N–H and O–H groups in total. The van der Waals surface area contributed by atoms with Gasteiger partial charge in [0.2, 0.25) is 5.91 Å². The molecule has 0 radical (unpaired) electrons. The number of aromatic nitrogens is 1. The Bertz CT molecular complexity index is 653. The van der Waals surface area contributed by atoms with Gasteiger partial charge in [0.05, 0.1) is 0 Å². The van der Waals surface area contributed by atoms with Gasteiger partial charge in [-0.05, 0) is 56.1 Å². The van der Waals surface area contributed by atoms with Crippen molar-refractivity contribution in [2.75, 3.05) is 31.6 Å². The number of nitrogens with zero attached hydrogens (tertiary/aromatic N) is 2. The molecule has 0 spiro atoms. The minimum absolute atomic E-state index is 0.0119. The summed E-state index contributed by atoms with van der Waals surface area (Å²) in [7, 11) is 0. The van der Waals surface area contributed by atoms with Crippen molar-refractivity contribution in [2.45, 2.75) is 32.1 Å². The van der Waals surface area contributed by atoms with Crippen molar-refractivity contribution in [3.8, 4) is 0 Å². The number of anilines is 1. The van der Waals surface area contributed by atoms with Gasteiger partial charge in [0, 0.05) is 44.0 Å². The first kappa shape index (κ1) is 16.5. The molecular weight excluding hydrogens is 318 g/mol. The Labute approximate surface area is 147 Å². The fraction of sp³-hybridized carbons (Fsp3) is 0.632. The van der Waals surface area contributed by atoms with Gasteiger partial charge in [0.1, 0.15) is 5.82 Å². The Hall–Kier alpha value is -1.95. The summed E-state index contributed by atoms with van der Waals surface area (Å²) >= 11 is 0. The average Bonchev–Trinajstić information content (AvgIpc) is 3.39. The van der Waals surface area contributed by atoms with Crippen LogP contribution in [0.5, 0.6) is 0 Å². The zero-order valence-corrected chi connectivity index (χ0v) is 14.4. The molecule has 1 saturated carbocycles. The van der Waals surface area contributed by atoms with E-state index in [1.54, 1.807) is 18.3 Å². The maximum Gasteiger partial charge on any atom is 0.254 e. The summed E-state index contributed by atoms with van der Waals surface area (Å²) in [6.45, 7) is 3.34. The van der Waals surface area contributed by atoms with Crippen LogP contribution in [-0.4, -0.2) is 48.0 Å². The summed E-state index contributed by atoms with van der Waals surface area (Å²) in [6, 6.07) is 3.43. The van der Waals surface area contributed by atoms with Gasteiger partial charge in [0.15, 0.2) is 0 Å². The summed E-state index contributed by atoms with van der Waals surface area (Å²) in [5.74, 6) is 1.92. The third-order valence-corrected chi connectivity index (χ3v) is 5.65. The topological polar surface area (TPSA) is 71.5 Å². The van der Waals surface area contributed by atoms with Crippen LogP contribution < -0.4 is 5.32 Å². The second-order valence-electron chi connectivity index (χ2n) is 7.44. The van der Waals surface area contributed by atoms with Crippen molar-refractivity contribution < 1.29 is 14.3 Å². The number of amides is 2. The molecule has 3 heterocycles. The summed E-state index contributed by atoms with van der Waals surface area (Å²) in [5, 5.41) is 2.82. The fourth-order valence-electron chi connectivity index (χ4n) is 3.93. The number of rotatable bonds is 4. The number of pyridine rings is 1. The van der Waals surface area contributed by atoms with Crippen molar-refractivity contribution in [1.29, 1.82) is 0 Å². The normalized spacial score (nSPS) is 24.3. The van der Waals surface area contributed by atoms with Crippen LogP contribution >= 0.6 is 0 Å². The van der Waals surface area contributed by atoms with E-state index in [9.17, 15) is 9.59 Å². The molecule has 25 heavy (non-hydrogen) atoms. The number of hydrogen-bond acceptors (Lipinski definition) is 4. The monoisotopic (exact) mass is 343 g/mol. The molecule has 0 aromatic carbocycles. The average molecular weight is 343 g/mol. The lowest BCUT2D eigenvalue weighted by Gasteiger charge is -2.27. The van der Waals surface area contributed by atoms with Gasteiger partial charge in [-0.25, -0.2) is 4.98 Å². The molecule has 134 valence electrons. The summed E-state index contributed by atoms with van der Waals surface area (Å²) in [5.41, 5.74) is 0.605. The largest absolute Gasteiger partial charge is 0.381 e. The first-order chi connectivity index (χ1) is 12.2. The van der Waals surface area contributed by atoms with Crippen molar-refractivity contribution in [1.82, 2.24) is 9.88 Å². The Balaban J connectivity index is 1.38. The number of nitrogens with one attached hydrogen (secondary N) is 1. The van der Waals surface area contributed by atoms with Crippen molar-refractivity contribution >= 4 is 17.6 Å². The van der Waals surface area contributed by atoms with Crippen LogP contribution in [0.1, 0.15) is 42.5 Å². The van der Waals surface area contributed by atoms with Crippen LogP contribution in [0, 0.1) is 17.8 Å². The molecule has 4 rings (SSSR count). The van der Waals surface area contributed by atoms with Gasteiger partial charge in [-0.15, -0.1) is 0 Å². The first-order valence-corrected chi connectivity index (χ1v) is 9.34. The number of likely N-dealkylation sites (tertiary alicyclic amines) is 1. The van der Waals surface area contributed by atoms with Crippen molar-refractivity contribution in [2.24, 2.45) is 17.8 Å². The summed E-state index contributed by atoms with van der Waals surface area (Å²) in [4.78, 5) is 30.8. The maximum atomic E-state index is 12.8. The maximum absolute atomic E-state index is 12.8. The van der Waals surface area contributed by atoms with Gasteiger partial charge in [-0.3, -0.25) is 9.59 Å². The molecule has 2 saturated heterocycles. The highest BCUT2D eigenvalue weighted by Gasteiger charge is 2.33. The molecule has 0 bridgehead atoms. The number of carbonyl (C=O) groups excluding carboxylic acids is 2. The Morgan fingerprint density at radius 1 is 1.12 bits per heavy atom. The molecule has 1 atom stereocenters. The van der Waals surface area contributed by atoms with E-state index in [1.807, 2.05) is 4.90 Å². The molecule has 6 heteroatoms. The molecular formula is C19H25N3O3. The third kappa shape index (κ3) is 3.84. The number of hydrogen-bond donors (Lipinski definition) is 1. The van der Waals surface area contributed by atoms with E-state index in [0.29, 0.717) is 23.2 Å². The van der Waals surface area contributed by atoms with Gasteiger partial charge >= 0.3 is 0 Å². The quantitative estimate of drug-likeness (QED) is 0.911. The minimum atomic E-state index is 0.0119. The number of carbonyl (C=O) groups is 2. The smallest absolute Gasteiger partial charge is 0.254 e. The van der Waals surface area contributed by atoms with Crippen LogP contribution in [0.4, 0.5) is 5.82 Å². The lowest BCUT2D eigenvalue weighted by Crippen LogP contribution is -2.31. The molecule has 3 aliphatic rings. The van der Waals surface area contributed by atoms with E-state index < -0.39 is 0 Å². The SMILES string of the molecule is O=C(Nc1cc(C(=O)N2CCC(C3CCOCC3)C2)ccn1)C1CC1. The van der Waals surface area contributed by atoms with Crippen LogP contribution in [0.25, 0.3) is 0 Å². The molecule has 1 aromatic rings. The molecule has 2 aliphatic heterocycles. The standard InChI is InChI=1S/C19H25N3O3/c23-18(14-1-2-14)21-17-11-15(3-7-20-17)19(24)22-8-4-16(12-22)13-5-9-25-10-6-13/h3,7,11,13-14,16H,1-2,4-6,8-10,12H2,(H,20,21,23). The van der Waals surface area contributed by atoms with E-state index in [1.165, 1.54) is 0 Å². The van der Waals surface area contributed by atoms with Crippen LogP contribution in [0.3, 0.4) is 0 Å². The van der Waals surface area contributed by atoms with Gasteiger partial charge in [0.25, 0.3) is 5.91 Å². The zero-order valence-electron chi connectivity index (χ0n) is 14.4. The molecule has 3 fully saturated rings. The molecule has 2 amide bonds. The van der Waals surface area contributed by atoms with E-state index >= 15 is 0 Å². The Morgan fingerprint density at radius 2 is 1.92 bits per heavy atom. The van der Waals surface area contributed by atoms with Crippen LogP contribution in [0.15, 0.2) is 18.3 Å². The summed E-state index contributed by atoms with van der Waals surface area (Å²) in [6.07, 6.45) is 6.80. The second-order valence-corrected chi connectivity index (χ2v) is 7.44. The number of ether oxygens (including phenoxy) is 1. The van der Waals surface area contributed by atoms with E-state index in [4.69, 9.17) is 4.74 Å². The minimum Gasteiger partial charge on any atom is -0.381 e. The predicted molar refractivity (Wildman–Crippen MR) is 93.1 cm³/mol. The molecule has 1 unspecified atom stereocenters. The fourth-order valence-corrected chi connectivity index (χ4v) is 3.93. The van der Waals surface area contributed by atoms with Gasteiger partial charge in [-0.2, -0.15) is 0 Å². The van der Waals surface area contributed by atoms with E-state index in [0.717, 1.165) is 58.4 Å². The Kier molecular flexibility index (Phi) is 4.70. The highest BCUT2D eigenvalue weighted by Crippen LogP contribution is 2.32. The van der Waals surface area contributed by atoms with Crippen molar-refractivity contribution in [3.63, 3.8) is 0 Å². The Morgan fingerprint density at radius 3 is 2.68 bits per heavy atom. The summed E-state index contributed by atoms with van der Waals surface area (Å²) < 4.78 is 5.45. The molecule has 1 aromatic heterocycles. The first-order valence-electron chi connectivity index (χ1n) is 9.34. The zero-order chi connectivity index (χ0) is 17.2. The van der Waals surface area contributed by atoms with E-state index in [2.05, 4.69) is 10.3 Å². The van der Waals surface area contributed by atoms with Crippen LogP contribution in [0.2, 0.25) is 0 Å². The second kappa shape index (κ2) is 7.12. The van der Waals surface area contributed by atoms with Crippen molar-refractivity contribution in [3.05, 3.63) is 23.9 Å². The lowest BCUT2D eigenvalue weighted by molar-refractivity contribution is -0.117. The third-order valence-electron chi connectivity index (χ3n) is 5.65. The van der Waals surface area contributed by atoms with Gasteiger partial charge < -0.3 is 15.0 Å². The van der Waals surface area contributed by atoms with Crippen LogP contribution in [-0.2, 0) is 9.53 Å². The molecule has 6 nitrogen and oxygen atoms in total. The van der Waals surface area contributed by atoms with E-state index in [-0.39, 0.29) is 17.7 Å². The lowest BCUT2D eigenvalue weighted by atomic mass is 9.85.